The van der Waals surface area contributed by atoms with Crippen LogP contribution in [0.4, 0.5) is 0 Å². The van der Waals surface area contributed by atoms with Crippen LogP contribution in [-0.4, -0.2) is 18.4 Å². The fourth-order valence-electron chi connectivity index (χ4n) is 2.19. The van der Waals surface area contributed by atoms with Gasteiger partial charge in [-0.1, -0.05) is 63.2 Å². The van der Waals surface area contributed by atoms with Crippen molar-refractivity contribution in [3.05, 3.63) is 71.3 Å². The normalized spacial score (nSPS) is 11.0. The van der Waals surface area contributed by atoms with Crippen LogP contribution in [-0.2, 0) is 21.7 Å². The van der Waals surface area contributed by atoms with Gasteiger partial charge in [-0.2, -0.15) is 0 Å². The molecule has 0 aliphatic rings. The van der Waals surface area contributed by atoms with Crippen molar-refractivity contribution in [2.75, 3.05) is 6.54 Å². The Bertz CT molecular complexity index is 704. The lowest BCUT2D eigenvalue weighted by Crippen LogP contribution is -2.36. The molecule has 5 heteroatoms. The summed E-state index contributed by atoms with van der Waals surface area (Å²) in [6, 6.07) is 16.9. The lowest BCUT2D eigenvalue weighted by molar-refractivity contribution is -0.133. The van der Waals surface area contributed by atoms with Crippen LogP contribution in [0.1, 0.15) is 42.3 Å². The minimum Gasteiger partial charge on any atom is -0.343 e. The Morgan fingerprint density at radius 2 is 1.60 bits per heavy atom. The molecule has 2 rings (SSSR count). The Morgan fingerprint density at radius 1 is 0.960 bits per heavy atom. The van der Waals surface area contributed by atoms with E-state index < -0.39 is 5.91 Å². The molecular formula is C20H24N2O3. The molecule has 2 N–H and O–H groups in total. The smallest absolute Gasteiger partial charge is 0.262 e. The molecule has 0 aliphatic carbocycles. The van der Waals surface area contributed by atoms with Gasteiger partial charge in [0.15, 0.2) is 0 Å². The summed E-state index contributed by atoms with van der Waals surface area (Å²) >= 11 is 0. The molecule has 0 aliphatic heterocycles. The second-order valence-corrected chi connectivity index (χ2v) is 6.81. The van der Waals surface area contributed by atoms with Gasteiger partial charge in [-0.3, -0.25) is 14.4 Å². The topological polar surface area (TPSA) is 67.4 Å². The van der Waals surface area contributed by atoms with Crippen LogP contribution in [0.15, 0.2) is 54.6 Å². The minimum atomic E-state index is -0.407. The summed E-state index contributed by atoms with van der Waals surface area (Å²) in [6.07, 6.45) is 0. The van der Waals surface area contributed by atoms with Crippen LogP contribution in [0.5, 0.6) is 0 Å². The highest BCUT2D eigenvalue weighted by Crippen LogP contribution is 2.22. The van der Waals surface area contributed by atoms with Crippen LogP contribution in [0.25, 0.3) is 0 Å². The highest BCUT2D eigenvalue weighted by atomic mass is 16.6. The number of hydrogen-bond acceptors (Lipinski definition) is 3. The zero-order chi connectivity index (χ0) is 18.3. The van der Waals surface area contributed by atoms with Gasteiger partial charge in [-0.15, -0.1) is 0 Å². The highest BCUT2D eigenvalue weighted by Gasteiger charge is 2.14. The van der Waals surface area contributed by atoms with Gasteiger partial charge in [-0.25, -0.2) is 5.48 Å². The number of hydrogen-bond donors (Lipinski definition) is 2. The van der Waals surface area contributed by atoms with E-state index in [1.807, 2.05) is 42.5 Å². The van der Waals surface area contributed by atoms with E-state index in [1.165, 1.54) is 0 Å². The zero-order valence-electron chi connectivity index (χ0n) is 14.8. The third-order valence-electron chi connectivity index (χ3n) is 3.69. The average molecular weight is 340 g/mol. The molecule has 0 radical (unpaired) electrons. The van der Waals surface area contributed by atoms with Crippen LogP contribution < -0.4 is 10.8 Å². The number of carbonyl (C=O) groups is 2. The first kappa shape index (κ1) is 18.7. The summed E-state index contributed by atoms with van der Waals surface area (Å²) in [6.45, 7) is 6.47. The van der Waals surface area contributed by atoms with E-state index >= 15 is 0 Å². The van der Waals surface area contributed by atoms with Gasteiger partial charge in [0.25, 0.3) is 11.8 Å². The van der Waals surface area contributed by atoms with Crippen molar-refractivity contribution in [1.82, 2.24) is 10.8 Å². The number of rotatable bonds is 6. The largest absolute Gasteiger partial charge is 0.343 e. The third-order valence-corrected chi connectivity index (χ3v) is 3.69. The molecule has 5 nitrogen and oxygen atoms in total. The van der Waals surface area contributed by atoms with Crippen molar-refractivity contribution in [3.8, 4) is 0 Å². The van der Waals surface area contributed by atoms with Gasteiger partial charge in [0.2, 0.25) is 0 Å². The SMILES string of the molecule is CC(C)(C)c1ccc(C(=O)NCC(=O)NOCc2ccccc2)cc1. The molecule has 0 atom stereocenters. The van der Waals surface area contributed by atoms with Crippen LogP contribution >= 0.6 is 0 Å². The third kappa shape index (κ3) is 6.04. The quantitative estimate of drug-likeness (QED) is 0.795. The predicted molar refractivity (Wildman–Crippen MR) is 96.8 cm³/mol. The molecule has 2 aromatic carbocycles. The fourth-order valence-corrected chi connectivity index (χ4v) is 2.19. The zero-order valence-corrected chi connectivity index (χ0v) is 14.8. The lowest BCUT2D eigenvalue weighted by Gasteiger charge is -2.19. The summed E-state index contributed by atoms with van der Waals surface area (Å²) < 4.78 is 0. The fraction of sp³-hybridized carbons (Fsp3) is 0.300. The number of benzene rings is 2. The van der Waals surface area contributed by atoms with Crippen molar-refractivity contribution in [2.24, 2.45) is 0 Å². The maximum Gasteiger partial charge on any atom is 0.262 e. The van der Waals surface area contributed by atoms with E-state index in [1.54, 1.807) is 12.1 Å². The molecule has 0 bridgehead atoms. The highest BCUT2D eigenvalue weighted by molar-refractivity contribution is 5.96. The predicted octanol–water partition coefficient (Wildman–Crippen LogP) is 2.96. The Morgan fingerprint density at radius 3 is 2.20 bits per heavy atom. The molecule has 0 saturated heterocycles. The molecule has 0 spiro atoms. The summed E-state index contributed by atoms with van der Waals surface area (Å²) in [5.74, 6) is -0.700. The maximum atomic E-state index is 12.1. The molecule has 2 amide bonds. The average Bonchev–Trinajstić information content (AvgIpc) is 2.60. The van der Waals surface area contributed by atoms with Gasteiger partial charge < -0.3 is 5.32 Å². The van der Waals surface area contributed by atoms with Crippen molar-refractivity contribution in [1.29, 1.82) is 0 Å². The molecule has 2 aromatic rings. The van der Waals surface area contributed by atoms with E-state index in [4.69, 9.17) is 4.84 Å². The molecule has 132 valence electrons. The second-order valence-electron chi connectivity index (χ2n) is 6.81. The van der Waals surface area contributed by atoms with Crippen LogP contribution in [0, 0.1) is 0 Å². The van der Waals surface area contributed by atoms with Crippen molar-refractivity contribution >= 4 is 11.8 Å². The molecule has 0 unspecified atom stereocenters. The van der Waals surface area contributed by atoms with Crippen molar-refractivity contribution in [3.63, 3.8) is 0 Å². The van der Waals surface area contributed by atoms with Crippen molar-refractivity contribution < 1.29 is 14.4 Å². The Labute approximate surface area is 148 Å². The minimum absolute atomic E-state index is 0.0327. The van der Waals surface area contributed by atoms with E-state index in [0.29, 0.717) is 5.56 Å². The number of carbonyl (C=O) groups excluding carboxylic acids is 2. The van der Waals surface area contributed by atoms with Gasteiger partial charge in [0, 0.05) is 5.56 Å². The standard InChI is InChI=1S/C20H24N2O3/c1-20(2,3)17-11-9-16(10-12-17)19(24)21-13-18(23)22-25-14-15-7-5-4-6-8-15/h4-12H,13-14H2,1-3H3,(H,21,24)(H,22,23). The Kier molecular flexibility index (Phi) is 6.31. The van der Waals surface area contributed by atoms with Gasteiger partial charge in [-0.05, 0) is 28.7 Å². The summed E-state index contributed by atoms with van der Waals surface area (Å²) in [5.41, 5.74) is 4.96. The number of nitrogens with one attached hydrogen (secondary N) is 2. The van der Waals surface area contributed by atoms with Gasteiger partial charge in [0.1, 0.15) is 0 Å². The Balaban J connectivity index is 1.74. The maximum absolute atomic E-state index is 12.1. The summed E-state index contributed by atoms with van der Waals surface area (Å²) in [7, 11) is 0. The molecule has 0 saturated carbocycles. The van der Waals surface area contributed by atoms with E-state index in [0.717, 1.165) is 11.1 Å². The summed E-state index contributed by atoms with van der Waals surface area (Å²) in [5, 5.41) is 2.57. The number of hydroxylamine groups is 1. The van der Waals surface area contributed by atoms with Gasteiger partial charge >= 0.3 is 0 Å². The summed E-state index contributed by atoms with van der Waals surface area (Å²) in [4.78, 5) is 28.9. The molecule has 0 heterocycles. The Hall–Kier alpha value is -2.66. The van der Waals surface area contributed by atoms with Crippen molar-refractivity contribution in [2.45, 2.75) is 32.8 Å². The van der Waals surface area contributed by atoms with Crippen LogP contribution in [0.3, 0.4) is 0 Å². The lowest BCUT2D eigenvalue weighted by atomic mass is 9.87. The second kappa shape index (κ2) is 8.44. The van der Waals surface area contributed by atoms with E-state index in [-0.39, 0.29) is 24.5 Å². The molecule has 25 heavy (non-hydrogen) atoms. The molecule has 0 aromatic heterocycles. The van der Waals surface area contributed by atoms with E-state index in [2.05, 4.69) is 31.6 Å². The van der Waals surface area contributed by atoms with E-state index in [9.17, 15) is 9.59 Å². The first-order valence-electron chi connectivity index (χ1n) is 8.19. The van der Waals surface area contributed by atoms with Crippen LogP contribution in [0.2, 0.25) is 0 Å². The van der Waals surface area contributed by atoms with Gasteiger partial charge in [0.05, 0.1) is 13.2 Å². The number of amides is 2. The first-order chi connectivity index (χ1) is 11.9. The first-order valence-corrected chi connectivity index (χ1v) is 8.19. The molecule has 0 fully saturated rings. The monoisotopic (exact) mass is 340 g/mol. The molecular weight excluding hydrogens is 316 g/mol.